The van der Waals surface area contributed by atoms with Crippen molar-refractivity contribution in [2.24, 2.45) is 62.2 Å². The van der Waals surface area contributed by atoms with Crippen molar-refractivity contribution in [1.82, 2.24) is 0 Å². The van der Waals surface area contributed by atoms with Crippen LogP contribution in [0.5, 0.6) is 0 Å². The fourth-order valence-electron chi connectivity index (χ4n) is 7.52. The smallest absolute Gasteiger partial charge is 0.0432 e. The van der Waals surface area contributed by atoms with Crippen LogP contribution in [0.3, 0.4) is 0 Å². The third-order valence-corrected chi connectivity index (χ3v) is 12.2. The number of aliphatic imine (C=N–C) groups is 1. The van der Waals surface area contributed by atoms with E-state index in [1.807, 2.05) is 27.7 Å². The summed E-state index contributed by atoms with van der Waals surface area (Å²) in [6, 6.07) is 0. The van der Waals surface area contributed by atoms with Gasteiger partial charge >= 0.3 is 0 Å². The molecule has 0 spiro atoms. The predicted molar refractivity (Wildman–Crippen MR) is 222 cm³/mol. The Labute approximate surface area is 302 Å². The molecule has 0 aromatic heterocycles. The SMILES string of the molecule is C=C(N=C/C(=C\C)C(C)(C)C1CCC(C(C)[C@@H](C)CC(C)(C)C(C)C)C=C1C)C(C)(C)C1=CC(C)(C)C=C(C(C)CC)C=C1.CC.CC. The summed E-state index contributed by atoms with van der Waals surface area (Å²) in [5.41, 5.74) is 6.59. The zero-order valence-corrected chi connectivity index (χ0v) is 36.0. The van der Waals surface area contributed by atoms with Crippen LogP contribution in [-0.2, 0) is 0 Å². The summed E-state index contributed by atoms with van der Waals surface area (Å²) in [5.74, 6) is 3.88. The molecular weight excluding hydrogens is 579 g/mol. The second-order valence-corrected chi connectivity index (χ2v) is 17.4. The Balaban J connectivity index is 0.00000531. The van der Waals surface area contributed by atoms with Gasteiger partial charge in [-0.25, -0.2) is 0 Å². The average molecular weight is 662 g/mol. The minimum Gasteiger partial charge on any atom is -0.261 e. The number of hydrogen-bond acceptors (Lipinski definition) is 1. The first-order valence-corrected chi connectivity index (χ1v) is 19.8. The average Bonchev–Trinajstić information content (AvgIpc) is 3.19. The zero-order valence-electron chi connectivity index (χ0n) is 36.0. The highest BCUT2D eigenvalue weighted by Gasteiger charge is 2.38. The van der Waals surface area contributed by atoms with Gasteiger partial charge in [0.05, 0.1) is 0 Å². The van der Waals surface area contributed by atoms with E-state index in [1.54, 1.807) is 5.57 Å². The van der Waals surface area contributed by atoms with Gasteiger partial charge in [0.15, 0.2) is 0 Å². The molecule has 276 valence electrons. The Bertz CT molecular complexity index is 1190. The van der Waals surface area contributed by atoms with E-state index in [1.165, 1.54) is 36.0 Å². The van der Waals surface area contributed by atoms with Gasteiger partial charge in [0.1, 0.15) is 0 Å². The molecule has 4 unspecified atom stereocenters. The van der Waals surface area contributed by atoms with Crippen molar-refractivity contribution < 1.29 is 0 Å². The van der Waals surface area contributed by atoms with E-state index in [2.05, 4.69) is 160 Å². The lowest BCUT2D eigenvalue weighted by atomic mass is 9.62. The first-order valence-electron chi connectivity index (χ1n) is 19.8. The molecule has 0 amide bonds. The van der Waals surface area contributed by atoms with Gasteiger partial charge in [-0.05, 0) is 103 Å². The van der Waals surface area contributed by atoms with Crippen molar-refractivity contribution in [1.29, 1.82) is 0 Å². The predicted octanol–water partition coefficient (Wildman–Crippen LogP) is 15.4. The van der Waals surface area contributed by atoms with Crippen LogP contribution >= 0.6 is 0 Å². The Morgan fingerprint density at radius 3 is 1.98 bits per heavy atom. The number of rotatable bonds is 13. The monoisotopic (exact) mass is 662 g/mol. The van der Waals surface area contributed by atoms with Crippen molar-refractivity contribution >= 4 is 6.21 Å². The maximum absolute atomic E-state index is 5.09. The maximum Gasteiger partial charge on any atom is 0.0432 e. The Kier molecular flexibility index (Phi) is 18.7. The van der Waals surface area contributed by atoms with Gasteiger partial charge in [-0.2, -0.15) is 0 Å². The molecule has 0 bridgehead atoms. The summed E-state index contributed by atoms with van der Waals surface area (Å²) in [7, 11) is 0. The molecular formula is C47H83N. The van der Waals surface area contributed by atoms with Crippen molar-refractivity contribution in [2.45, 2.75) is 164 Å². The number of allylic oxidation sites excluding steroid dienone is 10. The molecule has 0 aromatic carbocycles. The van der Waals surface area contributed by atoms with E-state index in [-0.39, 0.29) is 16.2 Å². The van der Waals surface area contributed by atoms with Crippen LogP contribution < -0.4 is 0 Å². The van der Waals surface area contributed by atoms with Crippen molar-refractivity contribution in [3.05, 3.63) is 71.0 Å². The molecule has 0 aromatic rings. The minimum atomic E-state index is -0.267. The summed E-state index contributed by atoms with van der Waals surface area (Å²) >= 11 is 0. The van der Waals surface area contributed by atoms with Gasteiger partial charge in [-0.1, -0.05) is 173 Å². The molecule has 0 aliphatic heterocycles. The number of nitrogens with zero attached hydrogens (tertiary/aromatic N) is 1. The summed E-state index contributed by atoms with van der Waals surface area (Å²) in [5, 5.41) is 0. The van der Waals surface area contributed by atoms with Crippen LogP contribution in [0, 0.1) is 57.2 Å². The molecule has 5 atom stereocenters. The Morgan fingerprint density at radius 2 is 1.50 bits per heavy atom. The molecule has 2 aliphatic carbocycles. The lowest BCUT2D eigenvalue weighted by Gasteiger charge is -2.42. The Hall–Kier alpha value is -1.89. The molecule has 0 radical (unpaired) electrons. The van der Waals surface area contributed by atoms with Gasteiger partial charge < -0.3 is 0 Å². The molecule has 1 nitrogen and oxygen atoms in total. The van der Waals surface area contributed by atoms with Crippen molar-refractivity contribution in [3.8, 4) is 0 Å². The molecule has 0 N–H and O–H groups in total. The van der Waals surface area contributed by atoms with Gasteiger partial charge in [-0.3, -0.25) is 4.99 Å². The van der Waals surface area contributed by atoms with Gasteiger partial charge in [-0.15, -0.1) is 0 Å². The summed E-state index contributed by atoms with van der Waals surface area (Å²) in [6.45, 7) is 50.3. The zero-order chi connectivity index (χ0) is 37.8. The van der Waals surface area contributed by atoms with Crippen molar-refractivity contribution in [3.63, 3.8) is 0 Å². The largest absolute Gasteiger partial charge is 0.261 e. The topological polar surface area (TPSA) is 12.4 Å². The second-order valence-electron chi connectivity index (χ2n) is 17.4. The fraction of sp³-hybridized carbons (Fsp3) is 0.723. The maximum atomic E-state index is 5.09. The van der Waals surface area contributed by atoms with E-state index in [4.69, 9.17) is 4.99 Å². The molecule has 2 rings (SSSR count). The first-order chi connectivity index (χ1) is 22.1. The van der Waals surface area contributed by atoms with Crippen LogP contribution in [0.1, 0.15) is 164 Å². The molecule has 2 aliphatic rings. The molecule has 0 saturated carbocycles. The van der Waals surface area contributed by atoms with Gasteiger partial charge in [0.2, 0.25) is 0 Å². The minimum absolute atomic E-state index is 0.00130. The van der Waals surface area contributed by atoms with E-state index >= 15 is 0 Å². The molecule has 48 heavy (non-hydrogen) atoms. The highest BCUT2D eigenvalue weighted by atomic mass is 14.8. The standard InChI is InChI=1S/C43H71N.2C2H6/c1-18-30(5)36-20-22-38(27-40(10,11)26-36)42(14,15)34(9)44-28-37(19-2)43(16,17)39-23-21-35(24-31(39)6)33(8)32(7)25-41(12,13)29(3)4;2*1-2/h19-20,22,24,26-30,32-33,35,39H,9,18,21,23,25H2,1-8,10-17H3;2*1-2H3/b37-19+,44-28?;;/t30?,32-,33?,35?,39?;;/m0../s1. The normalized spacial score (nSPS) is 22.3. The van der Waals surface area contributed by atoms with Crippen LogP contribution in [0.15, 0.2) is 76.0 Å². The lowest BCUT2D eigenvalue weighted by Crippen LogP contribution is -2.33. The molecule has 0 heterocycles. The third-order valence-electron chi connectivity index (χ3n) is 12.2. The van der Waals surface area contributed by atoms with Crippen LogP contribution in [-0.4, -0.2) is 6.21 Å². The quantitative estimate of drug-likeness (QED) is 0.138. The van der Waals surface area contributed by atoms with E-state index in [0.29, 0.717) is 35.0 Å². The summed E-state index contributed by atoms with van der Waals surface area (Å²) < 4.78 is 0. The first kappa shape index (κ1) is 46.1. The third kappa shape index (κ3) is 12.2. The van der Waals surface area contributed by atoms with Gasteiger partial charge in [0, 0.05) is 22.7 Å². The van der Waals surface area contributed by atoms with Crippen molar-refractivity contribution in [2.75, 3.05) is 0 Å². The summed E-state index contributed by atoms with van der Waals surface area (Å²) in [6.07, 6.45) is 21.5. The Morgan fingerprint density at radius 1 is 0.938 bits per heavy atom. The van der Waals surface area contributed by atoms with Crippen LogP contribution in [0.25, 0.3) is 0 Å². The number of hydrogen-bond donors (Lipinski definition) is 0. The molecule has 0 fully saturated rings. The second kappa shape index (κ2) is 19.5. The highest BCUT2D eigenvalue weighted by molar-refractivity contribution is 5.81. The van der Waals surface area contributed by atoms with Crippen LogP contribution in [0.4, 0.5) is 0 Å². The van der Waals surface area contributed by atoms with E-state index < -0.39 is 0 Å². The van der Waals surface area contributed by atoms with E-state index in [0.717, 1.165) is 18.0 Å². The van der Waals surface area contributed by atoms with Gasteiger partial charge in [0.25, 0.3) is 0 Å². The molecule has 1 heteroatoms. The van der Waals surface area contributed by atoms with E-state index in [9.17, 15) is 0 Å². The molecule has 0 saturated heterocycles. The fourth-order valence-corrected chi connectivity index (χ4v) is 7.52. The van der Waals surface area contributed by atoms with Crippen LogP contribution in [0.2, 0.25) is 0 Å². The summed E-state index contributed by atoms with van der Waals surface area (Å²) in [4.78, 5) is 5.09. The highest BCUT2D eigenvalue weighted by Crippen LogP contribution is 2.48. The lowest BCUT2D eigenvalue weighted by molar-refractivity contribution is 0.141.